The number of nitrogens with one attached hydrogen (secondary N) is 1. The van der Waals surface area contributed by atoms with E-state index >= 15 is 0 Å². The molecule has 6 nitrogen and oxygen atoms in total. The first-order chi connectivity index (χ1) is 8.25. The molecule has 0 aliphatic heterocycles. The second kappa shape index (κ2) is 6.05. The maximum atomic E-state index is 10.9. The molecular formula is C9H11Cl2NO5S. The maximum Gasteiger partial charge on any atom is 0.296 e. The predicted molar refractivity (Wildman–Crippen MR) is 67.9 cm³/mol. The van der Waals surface area contributed by atoms with E-state index in [4.69, 9.17) is 38.0 Å². The molecule has 18 heavy (non-hydrogen) atoms. The smallest absolute Gasteiger partial charge is 0.296 e. The van der Waals surface area contributed by atoms with Gasteiger partial charge in [0.2, 0.25) is 0 Å². The van der Waals surface area contributed by atoms with Crippen molar-refractivity contribution in [3.8, 4) is 0 Å². The molecule has 0 bridgehead atoms. The van der Waals surface area contributed by atoms with Gasteiger partial charge in [0, 0.05) is 6.54 Å². The molecule has 1 rings (SSSR count). The molecule has 0 fully saturated rings. The van der Waals surface area contributed by atoms with Crippen LogP contribution in [0.5, 0.6) is 0 Å². The predicted octanol–water partition coefficient (Wildman–Crippen LogP) is 1.01. The number of benzene rings is 1. The van der Waals surface area contributed by atoms with Gasteiger partial charge in [0.1, 0.15) is 4.90 Å². The summed E-state index contributed by atoms with van der Waals surface area (Å²) in [5, 5.41) is 20.3. The van der Waals surface area contributed by atoms with E-state index in [0.717, 1.165) is 6.07 Å². The average Bonchev–Trinajstić information content (AvgIpc) is 2.27. The van der Waals surface area contributed by atoms with Crippen LogP contribution in [-0.4, -0.2) is 42.4 Å². The minimum Gasteiger partial charge on any atom is -0.394 e. The Labute approximate surface area is 114 Å². The zero-order valence-corrected chi connectivity index (χ0v) is 11.3. The standard InChI is InChI=1S/C9H11Cl2NO5S/c10-6-2-9(18(15,16)17)7(11)1-8(6)12-3-5(14)4-13/h1-2,5,12-14H,3-4H2,(H,15,16,17). The van der Waals surface area contributed by atoms with Crippen LogP contribution in [0.3, 0.4) is 0 Å². The lowest BCUT2D eigenvalue weighted by atomic mass is 10.3. The van der Waals surface area contributed by atoms with Crippen LogP contribution in [0.2, 0.25) is 10.0 Å². The molecule has 1 aromatic rings. The fraction of sp³-hybridized carbons (Fsp3) is 0.333. The van der Waals surface area contributed by atoms with Crippen LogP contribution in [0, 0.1) is 0 Å². The summed E-state index contributed by atoms with van der Waals surface area (Å²) in [5.41, 5.74) is 0.279. The van der Waals surface area contributed by atoms with Crippen LogP contribution in [0.15, 0.2) is 17.0 Å². The van der Waals surface area contributed by atoms with Gasteiger partial charge in [-0.15, -0.1) is 0 Å². The van der Waals surface area contributed by atoms with Crippen molar-refractivity contribution in [2.24, 2.45) is 0 Å². The van der Waals surface area contributed by atoms with E-state index in [9.17, 15) is 8.42 Å². The lowest BCUT2D eigenvalue weighted by Gasteiger charge is -2.13. The first-order valence-corrected chi connectivity index (χ1v) is 6.94. The zero-order valence-electron chi connectivity index (χ0n) is 8.97. The van der Waals surface area contributed by atoms with E-state index in [1.54, 1.807) is 0 Å². The molecule has 0 heterocycles. The second-order valence-electron chi connectivity index (χ2n) is 3.45. The Bertz CT molecular complexity index is 534. The molecule has 1 atom stereocenters. The summed E-state index contributed by atoms with van der Waals surface area (Å²) < 4.78 is 30.8. The molecule has 0 aliphatic rings. The highest BCUT2D eigenvalue weighted by atomic mass is 35.5. The van der Waals surface area contributed by atoms with Crippen LogP contribution < -0.4 is 5.32 Å². The molecule has 102 valence electrons. The van der Waals surface area contributed by atoms with Crippen molar-refractivity contribution in [3.63, 3.8) is 0 Å². The van der Waals surface area contributed by atoms with Crippen molar-refractivity contribution in [2.45, 2.75) is 11.0 Å². The Balaban J connectivity index is 3.01. The third-order valence-electron chi connectivity index (χ3n) is 2.04. The number of hydrogen-bond acceptors (Lipinski definition) is 5. The van der Waals surface area contributed by atoms with Crippen LogP contribution in [0.1, 0.15) is 0 Å². The fourth-order valence-corrected chi connectivity index (χ4v) is 2.48. The van der Waals surface area contributed by atoms with Crippen molar-refractivity contribution in [1.29, 1.82) is 0 Å². The van der Waals surface area contributed by atoms with E-state index in [0.29, 0.717) is 0 Å². The molecular weight excluding hydrogens is 305 g/mol. The molecule has 0 spiro atoms. The molecule has 0 aromatic heterocycles. The molecule has 0 amide bonds. The van der Waals surface area contributed by atoms with Crippen molar-refractivity contribution >= 4 is 39.0 Å². The van der Waals surface area contributed by atoms with Crippen molar-refractivity contribution < 1.29 is 23.2 Å². The summed E-state index contributed by atoms with van der Waals surface area (Å²) in [6.07, 6.45) is -0.985. The van der Waals surface area contributed by atoms with Crippen LogP contribution in [0.25, 0.3) is 0 Å². The minimum absolute atomic E-state index is 0.0113. The maximum absolute atomic E-state index is 10.9. The van der Waals surface area contributed by atoms with E-state index in [-0.39, 0.29) is 22.3 Å². The van der Waals surface area contributed by atoms with Gasteiger partial charge in [-0.05, 0) is 12.1 Å². The van der Waals surface area contributed by atoms with Gasteiger partial charge in [-0.2, -0.15) is 8.42 Å². The van der Waals surface area contributed by atoms with Gasteiger partial charge in [0.15, 0.2) is 0 Å². The van der Waals surface area contributed by atoms with Crippen molar-refractivity contribution in [2.75, 3.05) is 18.5 Å². The monoisotopic (exact) mass is 315 g/mol. The molecule has 4 N–H and O–H groups in total. The molecule has 0 radical (unpaired) electrons. The summed E-state index contributed by atoms with van der Waals surface area (Å²) >= 11 is 11.5. The second-order valence-corrected chi connectivity index (χ2v) is 5.66. The molecule has 1 unspecified atom stereocenters. The van der Waals surface area contributed by atoms with Crippen LogP contribution in [-0.2, 0) is 10.1 Å². The zero-order chi connectivity index (χ0) is 13.9. The Morgan fingerprint density at radius 1 is 1.28 bits per heavy atom. The number of hydrogen-bond donors (Lipinski definition) is 4. The lowest BCUT2D eigenvalue weighted by Crippen LogP contribution is -2.23. The Morgan fingerprint density at radius 2 is 1.89 bits per heavy atom. The molecule has 9 heteroatoms. The summed E-state index contributed by atoms with van der Waals surface area (Å²) in [7, 11) is -4.44. The molecule has 0 saturated carbocycles. The van der Waals surface area contributed by atoms with Crippen LogP contribution >= 0.6 is 23.2 Å². The SMILES string of the molecule is O=S(=O)(O)c1cc(Cl)c(NCC(O)CO)cc1Cl. The Morgan fingerprint density at radius 3 is 2.39 bits per heavy atom. The van der Waals surface area contributed by atoms with Gasteiger partial charge >= 0.3 is 0 Å². The van der Waals surface area contributed by atoms with E-state index < -0.39 is 27.7 Å². The topological polar surface area (TPSA) is 107 Å². The number of halogens is 2. The molecule has 0 saturated heterocycles. The lowest BCUT2D eigenvalue weighted by molar-refractivity contribution is 0.105. The summed E-state index contributed by atoms with van der Waals surface area (Å²) in [6.45, 7) is -0.417. The highest BCUT2D eigenvalue weighted by molar-refractivity contribution is 7.86. The van der Waals surface area contributed by atoms with E-state index in [2.05, 4.69) is 5.32 Å². The summed E-state index contributed by atoms with van der Waals surface area (Å²) in [4.78, 5) is -0.498. The largest absolute Gasteiger partial charge is 0.394 e. The van der Waals surface area contributed by atoms with Gasteiger partial charge in [-0.1, -0.05) is 23.2 Å². The summed E-state index contributed by atoms with van der Waals surface area (Å²) in [6, 6.07) is 2.20. The quantitative estimate of drug-likeness (QED) is 0.604. The minimum atomic E-state index is -4.44. The average molecular weight is 316 g/mol. The molecule has 0 aliphatic carbocycles. The third-order valence-corrected chi connectivity index (χ3v) is 3.67. The van der Waals surface area contributed by atoms with E-state index in [1.807, 2.05) is 0 Å². The number of aliphatic hydroxyl groups excluding tert-OH is 2. The normalized spacial score (nSPS) is 13.4. The highest BCUT2D eigenvalue weighted by Crippen LogP contribution is 2.31. The van der Waals surface area contributed by atoms with Gasteiger partial charge in [-0.25, -0.2) is 0 Å². The van der Waals surface area contributed by atoms with Gasteiger partial charge in [0.25, 0.3) is 10.1 Å². The Kier molecular flexibility index (Phi) is 5.20. The Hall–Kier alpha value is -0.570. The van der Waals surface area contributed by atoms with Gasteiger partial charge < -0.3 is 15.5 Å². The first-order valence-electron chi connectivity index (χ1n) is 4.75. The fourth-order valence-electron chi connectivity index (χ4n) is 1.15. The van der Waals surface area contributed by atoms with Crippen LogP contribution in [0.4, 0.5) is 5.69 Å². The van der Waals surface area contributed by atoms with E-state index in [1.165, 1.54) is 6.07 Å². The number of rotatable bonds is 5. The number of aliphatic hydroxyl groups is 2. The van der Waals surface area contributed by atoms with Gasteiger partial charge in [0.05, 0.1) is 28.4 Å². The first kappa shape index (κ1) is 15.5. The van der Waals surface area contributed by atoms with Crippen molar-refractivity contribution in [3.05, 3.63) is 22.2 Å². The summed E-state index contributed by atoms with van der Waals surface area (Å²) in [5.74, 6) is 0. The van der Waals surface area contributed by atoms with Gasteiger partial charge in [-0.3, -0.25) is 4.55 Å². The molecule has 1 aromatic carbocycles. The number of anilines is 1. The highest BCUT2D eigenvalue weighted by Gasteiger charge is 2.17. The third kappa shape index (κ3) is 3.98. The van der Waals surface area contributed by atoms with Crippen molar-refractivity contribution in [1.82, 2.24) is 0 Å².